The van der Waals surface area contributed by atoms with E-state index in [4.69, 9.17) is 0 Å². The molecule has 3 N–H and O–H groups in total. The lowest BCUT2D eigenvalue weighted by Gasteiger charge is -2.13. The van der Waals surface area contributed by atoms with Crippen LogP contribution in [0.3, 0.4) is 0 Å². The van der Waals surface area contributed by atoms with Crippen LogP contribution in [0.2, 0.25) is 0 Å². The van der Waals surface area contributed by atoms with E-state index >= 15 is 0 Å². The molecule has 24 heavy (non-hydrogen) atoms. The molecule has 7 heteroatoms. The second-order valence-electron chi connectivity index (χ2n) is 6.78. The third kappa shape index (κ3) is 4.79. The fraction of sp³-hybridized carbons (Fsp3) is 0.471. The topological polar surface area (TPSA) is 92.1 Å². The highest BCUT2D eigenvalue weighted by Gasteiger charge is 2.21. The number of nitrogens with zero attached hydrogens (tertiary/aromatic N) is 3. The van der Waals surface area contributed by atoms with Crippen LogP contribution in [-0.2, 0) is 5.41 Å². The number of aliphatic hydroxyl groups excluding tert-OH is 1. The van der Waals surface area contributed by atoms with Crippen molar-refractivity contribution in [3.8, 4) is 5.82 Å². The van der Waals surface area contributed by atoms with E-state index in [1.54, 1.807) is 17.8 Å². The molecular weight excluding hydrogens is 306 g/mol. The van der Waals surface area contributed by atoms with Crippen molar-refractivity contribution in [3.05, 3.63) is 36.2 Å². The molecule has 0 fully saturated rings. The normalized spacial score (nSPS) is 12.7. The summed E-state index contributed by atoms with van der Waals surface area (Å²) in [6.07, 6.45) is 1.73. The van der Waals surface area contributed by atoms with Crippen LogP contribution in [0.5, 0.6) is 0 Å². The molecule has 2 aromatic rings. The number of carbonyl (C=O) groups is 1. The molecule has 0 aliphatic carbocycles. The molecule has 0 aliphatic rings. The van der Waals surface area contributed by atoms with Gasteiger partial charge in [0.15, 0.2) is 5.82 Å². The lowest BCUT2D eigenvalue weighted by atomic mass is 9.92. The largest absolute Gasteiger partial charge is 0.393 e. The molecular formula is C17H25N5O2. The molecule has 2 heterocycles. The zero-order valence-corrected chi connectivity index (χ0v) is 14.6. The second-order valence-corrected chi connectivity index (χ2v) is 6.78. The number of hydrogen-bond donors (Lipinski definition) is 3. The minimum Gasteiger partial charge on any atom is -0.393 e. The molecule has 7 nitrogen and oxygen atoms in total. The van der Waals surface area contributed by atoms with Crippen LogP contribution in [0.25, 0.3) is 5.82 Å². The predicted molar refractivity (Wildman–Crippen MR) is 93.4 cm³/mol. The maximum absolute atomic E-state index is 12.1. The fourth-order valence-corrected chi connectivity index (χ4v) is 2.05. The standard InChI is InChI=1S/C17H25N5O2/c1-12(23)8-10-19-16(24)20-15-11-13(17(2,3)4)21-22(15)14-7-5-6-9-18-14/h5-7,9,11-12,23H,8,10H2,1-4H3,(H2,19,20,24)/t12-/m0/s1. The van der Waals surface area contributed by atoms with Crippen LogP contribution in [0.15, 0.2) is 30.5 Å². The van der Waals surface area contributed by atoms with Gasteiger partial charge in [0, 0.05) is 24.2 Å². The van der Waals surface area contributed by atoms with E-state index in [1.807, 2.05) is 24.3 Å². The average molecular weight is 331 g/mol. The quantitative estimate of drug-likeness (QED) is 0.785. The van der Waals surface area contributed by atoms with Gasteiger partial charge in [-0.15, -0.1) is 0 Å². The molecule has 0 aliphatic heterocycles. The van der Waals surface area contributed by atoms with Crippen molar-refractivity contribution in [1.29, 1.82) is 0 Å². The Hall–Kier alpha value is -2.41. The minimum atomic E-state index is -0.447. The molecule has 0 spiro atoms. The number of pyridine rings is 1. The van der Waals surface area contributed by atoms with Crippen LogP contribution < -0.4 is 10.6 Å². The number of hydrogen-bond acceptors (Lipinski definition) is 4. The Bertz CT molecular complexity index is 674. The molecule has 0 radical (unpaired) electrons. The fourth-order valence-electron chi connectivity index (χ4n) is 2.05. The Morgan fingerprint density at radius 3 is 2.71 bits per heavy atom. The lowest BCUT2D eigenvalue weighted by molar-refractivity contribution is 0.184. The molecule has 1 atom stereocenters. The van der Waals surface area contributed by atoms with Crippen molar-refractivity contribution in [2.75, 3.05) is 11.9 Å². The van der Waals surface area contributed by atoms with Crippen molar-refractivity contribution in [2.24, 2.45) is 0 Å². The van der Waals surface area contributed by atoms with Crippen molar-refractivity contribution in [1.82, 2.24) is 20.1 Å². The molecule has 0 bridgehead atoms. The Morgan fingerprint density at radius 1 is 1.38 bits per heavy atom. The average Bonchev–Trinajstić information content (AvgIpc) is 2.91. The van der Waals surface area contributed by atoms with E-state index in [9.17, 15) is 9.90 Å². The summed E-state index contributed by atoms with van der Waals surface area (Å²) in [7, 11) is 0. The first-order valence-corrected chi connectivity index (χ1v) is 8.02. The van der Waals surface area contributed by atoms with E-state index < -0.39 is 6.10 Å². The maximum Gasteiger partial charge on any atom is 0.320 e. The number of nitrogens with one attached hydrogen (secondary N) is 2. The van der Waals surface area contributed by atoms with Gasteiger partial charge in [0.1, 0.15) is 5.82 Å². The first-order chi connectivity index (χ1) is 11.3. The molecule has 0 saturated carbocycles. The highest BCUT2D eigenvalue weighted by atomic mass is 16.3. The number of anilines is 1. The molecule has 2 rings (SSSR count). The van der Waals surface area contributed by atoms with Crippen LogP contribution >= 0.6 is 0 Å². The molecule has 130 valence electrons. The Labute approximate surface area is 142 Å². The monoisotopic (exact) mass is 331 g/mol. The highest BCUT2D eigenvalue weighted by Crippen LogP contribution is 2.25. The zero-order chi connectivity index (χ0) is 17.7. The van der Waals surface area contributed by atoms with Gasteiger partial charge >= 0.3 is 6.03 Å². The van der Waals surface area contributed by atoms with E-state index in [-0.39, 0.29) is 11.4 Å². The molecule has 0 aromatic carbocycles. The molecule has 0 unspecified atom stereocenters. The van der Waals surface area contributed by atoms with Crippen molar-refractivity contribution in [3.63, 3.8) is 0 Å². The van der Waals surface area contributed by atoms with Gasteiger partial charge < -0.3 is 10.4 Å². The second kappa shape index (κ2) is 7.44. The van der Waals surface area contributed by atoms with Gasteiger partial charge in [0.25, 0.3) is 0 Å². The van der Waals surface area contributed by atoms with Crippen molar-refractivity contribution >= 4 is 11.8 Å². The maximum atomic E-state index is 12.1. The molecule has 0 saturated heterocycles. The summed E-state index contributed by atoms with van der Waals surface area (Å²) < 4.78 is 1.62. The predicted octanol–water partition coefficient (Wildman–Crippen LogP) is 2.46. The highest BCUT2D eigenvalue weighted by molar-refractivity contribution is 5.88. The van der Waals surface area contributed by atoms with E-state index in [0.29, 0.717) is 24.6 Å². The Morgan fingerprint density at radius 2 is 2.12 bits per heavy atom. The Balaban J connectivity index is 2.21. The van der Waals surface area contributed by atoms with E-state index in [0.717, 1.165) is 5.69 Å². The van der Waals surface area contributed by atoms with Crippen LogP contribution in [0, 0.1) is 0 Å². The summed E-state index contributed by atoms with van der Waals surface area (Å²) in [5.41, 5.74) is 0.701. The van der Waals surface area contributed by atoms with Gasteiger partial charge in [0.2, 0.25) is 0 Å². The molecule has 2 amide bonds. The summed E-state index contributed by atoms with van der Waals surface area (Å²) in [5, 5.41) is 19.4. The summed E-state index contributed by atoms with van der Waals surface area (Å²) in [4.78, 5) is 16.4. The number of amides is 2. The van der Waals surface area contributed by atoms with Gasteiger partial charge in [-0.05, 0) is 25.5 Å². The van der Waals surface area contributed by atoms with Crippen LogP contribution in [0.4, 0.5) is 10.6 Å². The van der Waals surface area contributed by atoms with Crippen LogP contribution in [0.1, 0.15) is 39.8 Å². The first kappa shape index (κ1) is 17.9. The summed E-state index contributed by atoms with van der Waals surface area (Å²) >= 11 is 0. The van der Waals surface area contributed by atoms with Crippen LogP contribution in [-0.4, -0.2) is 38.6 Å². The third-order valence-electron chi connectivity index (χ3n) is 3.43. The SMILES string of the molecule is C[C@H](O)CCNC(=O)Nc1cc(C(C)(C)C)nn1-c1ccccn1. The van der Waals surface area contributed by atoms with E-state index in [2.05, 4.69) is 41.5 Å². The number of aliphatic hydroxyl groups is 1. The van der Waals surface area contributed by atoms with Gasteiger partial charge in [-0.2, -0.15) is 9.78 Å². The Kier molecular flexibility index (Phi) is 5.56. The summed E-state index contributed by atoms with van der Waals surface area (Å²) in [5.74, 6) is 1.18. The summed E-state index contributed by atoms with van der Waals surface area (Å²) in [6, 6.07) is 7.04. The first-order valence-electron chi connectivity index (χ1n) is 8.02. The number of urea groups is 1. The van der Waals surface area contributed by atoms with Gasteiger partial charge in [-0.25, -0.2) is 9.78 Å². The number of rotatable bonds is 5. The zero-order valence-electron chi connectivity index (χ0n) is 14.6. The summed E-state index contributed by atoms with van der Waals surface area (Å²) in [6.45, 7) is 8.26. The smallest absolute Gasteiger partial charge is 0.320 e. The van der Waals surface area contributed by atoms with E-state index in [1.165, 1.54) is 0 Å². The number of aromatic nitrogens is 3. The molecule has 2 aromatic heterocycles. The van der Waals surface area contributed by atoms with Gasteiger partial charge in [-0.3, -0.25) is 5.32 Å². The van der Waals surface area contributed by atoms with Crippen molar-refractivity contribution in [2.45, 2.75) is 45.6 Å². The lowest BCUT2D eigenvalue weighted by Crippen LogP contribution is -2.31. The van der Waals surface area contributed by atoms with Gasteiger partial charge in [-0.1, -0.05) is 26.8 Å². The third-order valence-corrected chi connectivity index (χ3v) is 3.43. The minimum absolute atomic E-state index is 0.154. The van der Waals surface area contributed by atoms with Crippen molar-refractivity contribution < 1.29 is 9.90 Å². The number of carbonyl (C=O) groups excluding carboxylic acids is 1. The van der Waals surface area contributed by atoms with Gasteiger partial charge in [0.05, 0.1) is 11.8 Å².